The minimum Gasteiger partial charge on any atom is -0.370 e. The Balaban J connectivity index is 1.75. The first kappa shape index (κ1) is 21.2. The summed E-state index contributed by atoms with van der Waals surface area (Å²) in [5.41, 5.74) is 0.0118. The van der Waals surface area contributed by atoms with Crippen LogP contribution < -0.4 is 10.2 Å². The Hall–Kier alpha value is -2.49. The SMILES string of the molecule is C=CCn1cnnc1SCC(=O)Nc1cc(C(F)(F)F)ccc1N1CCCCC1. The lowest BCUT2D eigenvalue weighted by Gasteiger charge is -2.31. The standard InChI is InChI=1S/C19H22F3N5OS/c1-2-8-27-13-23-25-18(27)29-12-17(28)24-15-11-14(19(20,21)22)6-7-16(15)26-9-4-3-5-10-26/h2,6-7,11,13H,1,3-5,8-10,12H2,(H,24,28). The molecule has 10 heteroatoms. The van der Waals surface area contributed by atoms with Gasteiger partial charge in [0, 0.05) is 19.6 Å². The van der Waals surface area contributed by atoms with E-state index in [0.717, 1.165) is 44.5 Å². The molecule has 29 heavy (non-hydrogen) atoms. The third-order valence-electron chi connectivity index (χ3n) is 4.53. The molecule has 0 unspecified atom stereocenters. The third kappa shape index (κ3) is 5.53. The van der Waals surface area contributed by atoms with E-state index in [-0.39, 0.29) is 11.4 Å². The zero-order valence-corrected chi connectivity index (χ0v) is 16.6. The second-order valence-electron chi connectivity index (χ2n) is 6.67. The van der Waals surface area contributed by atoms with Crippen molar-refractivity contribution in [2.45, 2.75) is 37.1 Å². The van der Waals surface area contributed by atoms with Gasteiger partial charge in [-0.3, -0.25) is 4.79 Å². The largest absolute Gasteiger partial charge is 0.416 e. The predicted octanol–water partition coefficient (Wildman–Crippen LogP) is 4.20. The molecular formula is C19H22F3N5OS. The number of anilines is 2. The van der Waals surface area contributed by atoms with Crippen molar-refractivity contribution in [3.05, 3.63) is 42.7 Å². The number of rotatable bonds is 7. The molecule has 0 saturated carbocycles. The number of thioether (sulfide) groups is 1. The molecule has 0 bridgehead atoms. The van der Waals surface area contributed by atoms with E-state index in [9.17, 15) is 18.0 Å². The van der Waals surface area contributed by atoms with Gasteiger partial charge in [-0.1, -0.05) is 17.8 Å². The van der Waals surface area contributed by atoms with E-state index in [1.165, 1.54) is 24.2 Å². The normalized spacial score (nSPS) is 14.7. The molecule has 1 N–H and O–H groups in total. The molecule has 2 aromatic rings. The quantitative estimate of drug-likeness (QED) is 0.532. The lowest BCUT2D eigenvalue weighted by molar-refractivity contribution is -0.137. The average molecular weight is 425 g/mol. The van der Waals surface area contributed by atoms with E-state index in [1.807, 2.05) is 4.90 Å². The van der Waals surface area contributed by atoms with Crippen LogP contribution in [0.3, 0.4) is 0 Å². The zero-order valence-electron chi connectivity index (χ0n) is 15.8. The minimum atomic E-state index is -4.48. The van der Waals surface area contributed by atoms with Gasteiger partial charge in [0.1, 0.15) is 6.33 Å². The molecule has 0 aliphatic carbocycles. The summed E-state index contributed by atoms with van der Waals surface area (Å²) in [6.07, 6.45) is 1.78. The monoisotopic (exact) mass is 425 g/mol. The summed E-state index contributed by atoms with van der Waals surface area (Å²) in [5, 5.41) is 10.9. The topological polar surface area (TPSA) is 63.1 Å². The van der Waals surface area contributed by atoms with Gasteiger partial charge in [0.25, 0.3) is 0 Å². The van der Waals surface area contributed by atoms with E-state index in [0.29, 0.717) is 17.4 Å². The molecule has 1 fully saturated rings. The summed E-state index contributed by atoms with van der Waals surface area (Å²) in [6.45, 7) is 5.67. The predicted molar refractivity (Wildman–Crippen MR) is 107 cm³/mol. The Labute approximate surface area is 171 Å². The van der Waals surface area contributed by atoms with Crippen LogP contribution in [0.15, 0.2) is 42.3 Å². The second kappa shape index (κ2) is 9.34. The number of amides is 1. The first-order chi connectivity index (χ1) is 13.9. The smallest absolute Gasteiger partial charge is 0.370 e. The van der Waals surface area contributed by atoms with Crippen LogP contribution in [0.4, 0.5) is 24.5 Å². The lowest BCUT2D eigenvalue weighted by Crippen LogP contribution is -2.30. The van der Waals surface area contributed by atoms with Crippen LogP contribution in [0.2, 0.25) is 0 Å². The number of nitrogens with zero attached hydrogens (tertiary/aromatic N) is 4. The molecule has 0 radical (unpaired) electrons. The fourth-order valence-electron chi connectivity index (χ4n) is 3.16. The highest BCUT2D eigenvalue weighted by molar-refractivity contribution is 7.99. The second-order valence-corrected chi connectivity index (χ2v) is 7.61. The number of benzene rings is 1. The number of alkyl halides is 3. The van der Waals surface area contributed by atoms with Crippen molar-refractivity contribution < 1.29 is 18.0 Å². The van der Waals surface area contributed by atoms with Crippen LogP contribution in [0, 0.1) is 0 Å². The minimum absolute atomic E-state index is 0.00548. The van der Waals surface area contributed by atoms with Gasteiger partial charge >= 0.3 is 6.18 Å². The fourth-order valence-corrected chi connectivity index (χ4v) is 3.88. The van der Waals surface area contributed by atoms with Gasteiger partial charge in [0.05, 0.1) is 22.7 Å². The van der Waals surface area contributed by atoms with Crippen LogP contribution in [0.25, 0.3) is 0 Å². The van der Waals surface area contributed by atoms with E-state index in [1.54, 1.807) is 10.6 Å². The molecule has 1 aromatic heterocycles. The van der Waals surface area contributed by atoms with E-state index in [4.69, 9.17) is 0 Å². The van der Waals surface area contributed by atoms with Gasteiger partial charge in [0.15, 0.2) is 5.16 Å². The first-order valence-electron chi connectivity index (χ1n) is 9.26. The van der Waals surface area contributed by atoms with Crippen molar-refractivity contribution in [3.63, 3.8) is 0 Å². The van der Waals surface area contributed by atoms with Crippen LogP contribution >= 0.6 is 11.8 Å². The van der Waals surface area contributed by atoms with E-state index < -0.39 is 17.6 Å². The van der Waals surface area contributed by atoms with Gasteiger partial charge in [0.2, 0.25) is 5.91 Å². The number of piperidine rings is 1. The lowest BCUT2D eigenvalue weighted by atomic mass is 10.1. The Morgan fingerprint density at radius 2 is 2.03 bits per heavy atom. The fraction of sp³-hybridized carbons (Fsp3) is 0.421. The Kier molecular flexibility index (Phi) is 6.83. The highest BCUT2D eigenvalue weighted by Crippen LogP contribution is 2.36. The maximum absolute atomic E-state index is 13.2. The number of halogens is 3. The van der Waals surface area contributed by atoms with Gasteiger partial charge in [-0.05, 0) is 37.5 Å². The summed E-state index contributed by atoms with van der Waals surface area (Å²) >= 11 is 1.17. The van der Waals surface area contributed by atoms with Crippen LogP contribution in [0.1, 0.15) is 24.8 Å². The highest BCUT2D eigenvalue weighted by atomic mass is 32.2. The zero-order chi connectivity index (χ0) is 20.9. The number of carbonyl (C=O) groups is 1. The Morgan fingerprint density at radius 1 is 1.28 bits per heavy atom. The number of allylic oxidation sites excluding steroid dienone is 1. The molecule has 2 heterocycles. The molecule has 3 rings (SSSR count). The molecular weight excluding hydrogens is 403 g/mol. The number of hydrogen-bond donors (Lipinski definition) is 1. The summed E-state index contributed by atoms with van der Waals surface area (Å²) < 4.78 is 41.3. The number of aromatic nitrogens is 3. The summed E-state index contributed by atoms with van der Waals surface area (Å²) in [7, 11) is 0. The molecule has 0 spiro atoms. The molecule has 1 aliphatic heterocycles. The molecule has 1 aliphatic rings. The maximum atomic E-state index is 13.2. The van der Waals surface area contributed by atoms with Crippen molar-refractivity contribution in [3.8, 4) is 0 Å². The maximum Gasteiger partial charge on any atom is 0.416 e. The van der Waals surface area contributed by atoms with Gasteiger partial charge < -0.3 is 14.8 Å². The van der Waals surface area contributed by atoms with Crippen LogP contribution in [-0.4, -0.2) is 39.5 Å². The molecule has 156 valence electrons. The summed E-state index contributed by atoms with van der Waals surface area (Å²) in [5.74, 6) is -0.397. The molecule has 1 amide bonds. The molecule has 1 saturated heterocycles. The number of carbonyl (C=O) groups excluding carboxylic acids is 1. The van der Waals surface area contributed by atoms with Crippen molar-refractivity contribution in [2.75, 3.05) is 29.1 Å². The first-order valence-corrected chi connectivity index (χ1v) is 10.2. The highest BCUT2D eigenvalue weighted by Gasteiger charge is 2.32. The van der Waals surface area contributed by atoms with Crippen molar-refractivity contribution in [1.29, 1.82) is 0 Å². The molecule has 6 nitrogen and oxygen atoms in total. The van der Waals surface area contributed by atoms with Crippen LogP contribution in [0.5, 0.6) is 0 Å². The van der Waals surface area contributed by atoms with Crippen LogP contribution in [-0.2, 0) is 17.5 Å². The number of hydrogen-bond acceptors (Lipinski definition) is 5. The van der Waals surface area contributed by atoms with Gasteiger partial charge in [-0.25, -0.2) is 0 Å². The van der Waals surface area contributed by atoms with Gasteiger partial charge in [-0.2, -0.15) is 13.2 Å². The third-order valence-corrected chi connectivity index (χ3v) is 5.51. The summed E-state index contributed by atoms with van der Waals surface area (Å²) in [4.78, 5) is 14.5. The summed E-state index contributed by atoms with van der Waals surface area (Å²) in [6, 6.07) is 3.51. The Bertz CT molecular complexity index is 862. The van der Waals surface area contributed by atoms with E-state index >= 15 is 0 Å². The van der Waals surface area contributed by atoms with Crippen molar-refractivity contribution >= 4 is 29.0 Å². The van der Waals surface area contributed by atoms with E-state index in [2.05, 4.69) is 22.1 Å². The number of nitrogens with one attached hydrogen (secondary N) is 1. The average Bonchev–Trinajstić information content (AvgIpc) is 3.14. The molecule has 1 aromatic carbocycles. The van der Waals surface area contributed by atoms with Crippen molar-refractivity contribution in [2.24, 2.45) is 0 Å². The molecule has 0 atom stereocenters. The van der Waals surface area contributed by atoms with Crippen molar-refractivity contribution in [1.82, 2.24) is 14.8 Å². The Morgan fingerprint density at radius 3 is 2.72 bits per heavy atom. The van der Waals surface area contributed by atoms with Gasteiger partial charge in [-0.15, -0.1) is 16.8 Å².